The summed E-state index contributed by atoms with van der Waals surface area (Å²) in [6.07, 6.45) is 3.70. The van der Waals surface area contributed by atoms with Crippen molar-refractivity contribution >= 4 is 27.2 Å². The fourth-order valence-corrected chi connectivity index (χ4v) is 3.28. The third-order valence-electron chi connectivity index (χ3n) is 2.30. The van der Waals surface area contributed by atoms with Crippen molar-refractivity contribution in [3.63, 3.8) is 0 Å². The number of nitrogens with two attached hydrogens (primary N) is 1. The zero-order chi connectivity index (χ0) is 13.1. The number of thiocarbonyl (C=S) groups is 1. The number of nitrogens with one attached hydrogen (secondary N) is 1. The van der Waals surface area contributed by atoms with Crippen LogP contribution < -0.4 is 10.5 Å². The van der Waals surface area contributed by atoms with Gasteiger partial charge in [-0.2, -0.15) is 5.10 Å². The van der Waals surface area contributed by atoms with Crippen LogP contribution in [0.1, 0.15) is 18.9 Å². The van der Waals surface area contributed by atoms with E-state index in [-0.39, 0.29) is 11.5 Å². The summed E-state index contributed by atoms with van der Waals surface area (Å²) in [5, 5.41) is 3.12. The maximum absolute atomic E-state index is 11.9. The molecule has 0 spiro atoms. The standard InChI is InChI=1S/C9H16N4O2S2/c1-3-8(9(10)16)17(14,15)12-5-7-4-11-13(2)6-7/h4,6,8,12H,3,5H2,1-2H3,(H2,10,16). The van der Waals surface area contributed by atoms with Crippen molar-refractivity contribution in [2.24, 2.45) is 12.8 Å². The molecule has 1 rings (SSSR count). The monoisotopic (exact) mass is 276 g/mol. The molecule has 0 aliphatic carbocycles. The van der Waals surface area contributed by atoms with Crippen molar-refractivity contribution in [1.29, 1.82) is 0 Å². The maximum atomic E-state index is 11.9. The van der Waals surface area contributed by atoms with Crippen molar-refractivity contribution in [2.45, 2.75) is 25.1 Å². The summed E-state index contributed by atoms with van der Waals surface area (Å²) in [7, 11) is -1.75. The molecule has 1 atom stereocenters. The minimum Gasteiger partial charge on any atom is -0.392 e. The zero-order valence-electron chi connectivity index (χ0n) is 9.75. The Morgan fingerprint density at radius 1 is 1.71 bits per heavy atom. The van der Waals surface area contributed by atoms with Gasteiger partial charge in [0.25, 0.3) is 0 Å². The second kappa shape index (κ2) is 5.56. The summed E-state index contributed by atoms with van der Waals surface area (Å²) >= 11 is 4.74. The fourth-order valence-electron chi connectivity index (χ4n) is 1.42. The largest absolute Gasteiger partial charge is 0.392 e. The van der Waals surface area contributed by atoms with Gasteiger partial charge in [0.15, 0.2) is 0 Å². The molecule has 0 aromatic carbocycles. The second-order valence-corrected chi connectivity index (χ2v) is 6.11. The summed E-state index contributed by atoms with van der Waals surface area (Å²) < 4.78 is 27.8. The van der Waals surface area contributed by atoms with Crippen molar-refractivity contribution in [1.82, 2.24) is 14.5 Å². The average molecular weight is 276 g/mol. The van der Waals surface area contributed by atoms with E-state index >= 15 is 0 Å². The Morgan fingerprint density at radius 2 is 2.35 bits per heavy atom. The van der Waals surface area contributed by atoms with E-state index in [0.29, 0.717) is 6.42 Å². The minimum absolute atomic E-state index is 0.00816. The molecule has 0 saturated heterocycles. The Kier molecular flexibility index (Phi) is 4.61. The van der Waals surface area contributed by atoms with Gasteiger partial charge in [0.1, 0.15) is 5.25 Å². The van der Waals surface area contributed by atoms with Crippen LogP contribution in [0, 0.1) is 0 Å². The highest BCUT2D eigenvalue weighted by Crippen LogP contribution is 2.06. The number of sulfonamides is 1. The van der Waals surface area contributed by atoms with E-state index in [1.54, 1.807) is 31.0 Å². The SMILES string of the molecule is CCC(C(N)=S)S(=O)(=O)NCc1cnn(C)c1. The minimum atomic E-state index is -3.51. The highest BCUT2D eigenvalue weighted by molar-refractivity contribution is 7.93. The van der Waals surface area contributed by atoms with Crippen LogP contribution in [0.25, 0.3) is 0 Å². The van der Waals surface area contributed by atoms with Crippen molar-refractivity contribution in [3.8, 4) is 0 Å². The lowest BCUT2D eigenvalue weighted by Gasteiger charge is -2.14. The van der Waals surface area contributed by atoms with E-state index in [1.165, 1.54) is 0 Å². The third-order valence-corrected chi connectivity index (χ3v) is 4.62. The number of aromatic nitrogens is 2. The maximum Gasteiger partial charge on any atom is 0.221 e. The lowest BCUT2D eigenvalue weighted by molar-refractivity contribution is 0.574. The van der Waals surface area contributed by atoms with Gasteiger partial charge < -0.3 is 5.73 Å². The Hall–Kier alpha value is -0.990. The molecule has 96 valence electrons. The van der Waals surface area contributed by atoms with E-state index < -0.39 is 15.3 Å². The molecule has 6 nitrogen and oxygen atoms in total. The topological polar surface area (TPSA) is 90.0 Å². The first-order chi connectivity index (χ1) is 7.86. The molecule has 0 bridgehead atoms. The number of rotatable bonds is 6. The Morgan fingerprint density at radius 3 is 2.76 bits per heavy atom. The Labute approximate surface area is 106 Å². The summed E-state index contributed by atoms with van der Waals surface area (Å²) in [6.45, 7) is 1.92. The summed E-state index contributed by atoms with van der Waals surface area (Å²) in [6, 6.07) is 0. The molecule has 0 amide bonds. The average Bonchev–Trinajstić information content (AvgIpc) is 2.61. The molecule has 1 heterocycles. The number of hydrogen-bond donors (Lipinski definition) is 2. The molecule has 0 radical (unpaired) electrons. The molecule has 0 aliphatic heterocycles. The molecule has 0 saturated carbocycles. The van der Waals surface area contributed by atoms with Crippen molar-refractivity contribution < 1.29 is 8.42 Å². The van der Waals surface area contributed by atoms with Gasteiger partial charge in [0, 0.05) is 25.4 Å². The smallest absolute Gasteiger partial charge is 0.221 e. The van der Waals surface area contributed by atoms with Crippen LogP contribution in [0.2, 0.25) is 0 Å². The van der Waals surface area contributed by atoms with Gasteiger partial charge >= 0.3 is 0 Å². The molecule has 0 fully saturated rings. The number of nitrogens with zero attached hydrogens (tertiary/aromatic N) is 2. The molecule has 1 aromatic rings. The van der Waals surface area contributed by atoms with Gasteiger partial charge in [-0.25, -0.2) is 13.1 Å². The molecule has 3 N–H and O–H groups in total. The van der Waals surface area contributed by atoms with Gasteiger partial charge in [-0.3, -0.25) is 4.68 Å². The fraction of sp³-hybridized carbons (Fsp3) is 0.556. The van der Waals surface area contributed by atoms with Crippen LogP contribution in [-0.2, 0) is 23.6 Å². The van der Waals surface area contributed by atoms with Gasteiger partial charge in [0.2, 0.25) is 10.0 Å². The first-order valence-corrected chi connectivity index (χ1v) is 7.07. The van der Waals surface area contributed by atoms with Crippen LogP contribution in [0.15, 0.2) is 12.4 Å². The van der Waals surface area contributed by atoms with E-state index in [9.17, 15) is 8.42 Å². The molecular formula is C9H16N4O2S2. The van der Waals surface area contributed by atoms with E-state index in [4.69, 9.17) is 18.0 Å². The lowest BCUT2D eigenvalue weighted by atomic mass is 10.3. The predicted octanol–water partition coefficient (Wildman–Crippen LogP) is -0.0958. The van der Waals surface area contributed by atoms with Crippen LogP contribution >= 0.6 is 12.2 Å². The summed E-state index contributed by atoms with van der Waals surface area (Å²) in [4.78, 5) is -0.00816. The molecule has 1 unspecified atom stereocenters. The molecule has 17 heavy (non-hydrogen) atoms. The van der Waals surface area contributed by atoms with Crippen LogP contribution in [0.4, 0.5) is 0 Å². The van der Waals surface area contributed by atoms with E-state index in [1.807, 2.05) is 0 Å². The highest BCUT2D eigenvalue weighted by Gasteiger charge is 2.25. The molecule has 1 aromatic heterocycles. The van der Waals surface area contributed by atoms with Crippen molar-refractivity contribution in [2.75, 3.05) is 0 Å². The van der Waals surface area contributed by atoms with E-state index in [0.717, 1.165) is 5.56 Å². The van der Waals surface area contributed by atoms with Gasteiger partial charge in [-0.1, -0.05) is 19.1 Å². The molecule has 8 heteroatoms. The second-order valence-electron chi connectivity index (χ2n) is 3.69. The predicted molar refractivity (Wildman–Crippen MR) is 69.8 cm³/mol. The van der Waals surface area contributed by atoms with E-state index in [2.05, 4.69) is 9.82 Å². The molecular weight excluding hydrogens is 260 g/mol. The van der Waals surface area contributed by atoms with Gasteiger partial charge in [0.05, 0.1) is 11.2 Å². The van der Waals surface area contributed by atoms with Crippen molar-refractivity contribution in [3.05, 3.63) is 18.0 Å². The number of aryl methyl sites for hydroxylation is 1. The highest BCUT2D eigenvalue weighted by atomic mass is 32.2. The van der Waals surface area contributed by atoms with Gasteiger partial charge in [-0.15, -0.1) is 0 Å². The quantitative estimate of drug-likeness (QED) is 0.708. The normalized spacial score (nSPS) is 13.5. The van der Waals surface area contributed by atoms with Crippen LogP contribution in [0.5, 0.6) is 0 Å². The van der Waals surface area contributed by atoms with Crippen LogP contribution in [-0.4, -0.2) is 28.4 Å². The first-order valence-electron chi connectivity index (χ1n) is 5.12. The summed E-state index contributed by atoms with van der Waals surface area (Å²) in [5.41, 5.74) is 6.19. The first kappa shape index (κ1) is 14.1. The van der Waals surface area contributed by atoms with Gasteiger partial charge in [-0.05, 0) is 6.42 Å². The van der Waals surface area contributed by atoms with Crippen LogP contribution in [0.3, 0.4) is 0 Å². The third kappa shape index (κ3) is 3.76. The Bertz CT molecular complexity index is 495. The Balaban J connectivity index is 2.70. The molecule has 0 aliphatic rings. The number of hydrogen-bond acceptors (Lipinski definition) is 4. The summed E-state index contributed by atoms with van der Waals surface area (Å²) in [5.74, 6) is 0. The lowest BCUT2D eigenvalue weighted by Crippen LogP contribution is -2.41. The zero-order valence-corrected chi connectivity index (χ0v) is 11.4.